The van der Waals surface area contributed by atoms with Gasteiger partial charge < -0.3 is 4.74 Å². The summed E-state index contributed by atoms with van der Waals surface area (Å²) in [6.07, 6.45) is 0.330. The molecule has 2 atom stereocenters. The number of carbonyl (C=O) groups is 1. The van der Waals surface area contributed by atoms with E-state index in [1.807, 2.05) is 30.3 Å². The normalized spacial score (nSPS) is 24.9. The van der Waals surface area contributed by atoms with E-state index in [0.29, 0.717) is 17.7 Å². The molecule has 0 aliphatic carbocycles. The van der Waals surface area contributed by atoms with Crippen LogP contribution in [0.4, 0.5) is 0 Å². The highest BCUT2D eigenvalue weighted by atomic mass is 35.5. The minimum Gasteiger partial charge on any atom is -0.472 e. The molecule has 2 unspecified atom stereocenters. The van der Waals surface area contributed by atoms with Crippen LogP contribution in [0.2, 0.25) is 0 Å². The summed E-state index contributed by atoms with van der Waals surface area (Å²) in [5, 5.41) is 0. The summed E-state index contributed by atoms with van der Waals surface area (Å²) in [5.41, 5.74) is 0.534. The molecule has 0 bridgehead atoms. The summed E-state index contributed by atoms with van der Waals surface area (Å²) in [6, 6.07) is 16.6. The van der Waals surface area contributed by atoms with Gasteiger partial charge in [0.25, 0.3) is 0 Å². The molecule has 0 N–H and O–H groups in total. The maximum absolute atomic E-state index is 12.7. The van der Waals surface area contributed by atoms with Crippen molar-refractivity contribution < 1.29 is 9.53 Å². The zero-order chi connectivity index (χ0) is 14.2. The lowest BCUT2D eigenvalue weighted by atomic mass is 9.88. The van der Waals surface area contributed by atoms with Crippen molar-refractivity contribution in [3.8, 4) is 5.75 Å². The van der Waals surface area contributed by atoms with Crippen molar-refractivity contribution in [1.82, 2.24) is 0 Å². The highest BCUT2D eigenvalue weighted by molar-refractivity contribution is 6.44. The Morgan fingerprint density at radius 3 is 2.45 bits per heavy atom. The number of hydrogen-bond donors (Lipinski definition) is 0. The molecule has 2 nitrogen and oxygen atoms in total. The molecule has 1 aliphatic rings. The van der Waals surface area contributed by atoms with E-state index in [0.717, 1.165) is 5.56 Å². The molecule has 4 heteroatoms. The van der Waals surface area contributed by atoms with Gasteiger partial charge in [-0.3, -0.25) is 4.79 Å². The van der Waals surface area contributed by atoms with Gasteiger partial charge in [0.15, 0.2) is 16.2 Å². The van der Waals surface area contributed by atoms with Crippen LogP contribution in [0, 0.1) is 0 Å². The Kier molecular flexibility index (Phi) is 3.45. The van der Waals surface area contributed by atoms with E-state index in [-0.39, 0.29) is 5.78 Å². The molecule has 1 heterocycles. The Labute approximate surface area is 127 Å². The predicted molar refractivity (Wildman–Crippen MR) is 79.8 cm³/mol. The maximum Gasteiger partial charge on any atom is 0.198 e. The summed E-state index contributed by atoms with van der Waals surface area (Å²) in [5.74, 6) is 0.298. The van der Waals surface area contributed by atoms with Gasteiger partial charge in [0.1, 0.15) is 5.75 Å². The fourth-order valence-electron chi connectivity index (χ4n) is 2.34. The molecular formula is C16H12Cl2O2. The van der Waals surface area contributed by atoms with Crippen molar-refractivity contribution in [2.45, 2.75) is 16.9 Å². The van der Waals surface area contributed by atoms with Crippen molar-refractivity contribution in [1.29, 1.82) is 0 Å². The molecule has 0 saturated carbocycles. The number of benzene rings is 2. The van der Waals surface area contributed by atoms with Gasteiger partial charge >= 0.3 is 0 Å². The van der Waals surface area contributed by atoms with Crippen LogP contribution in [-0.2, 0) is 6.42 Å². The van der Waals surface area contributed by atoms with Crippen molar-refractivity contribution in [3.05, 3.63) is 65.7 Å². The summed E-state index contributed by atoms with van der Waals surface area (Å²) in [4.78, 5) is 11.4. The smallest absolute Gasteiger partial charge is 0.198 e. The van der Waals surface area contributed by atoms with Gasteiger partial charge in [0.05, 0.1) is 5.56 Å². The van der Waals surface area contributed by atoms with Gasteiger partial charge in [0, 0.05) is 6.42 Å². The van der Waals surface area contributed by atoms with Gasteiger partial charge in [-0.25, -0.2) is 0 Å². The number of fused-ring (bicyclic) bond motifs is 1. The zero-order valence-electron chi connectivity index (χ0n) is 10.6. The SMILES string of the molecule is O=C1c2ccccc2OC(Cl)C1(Cl)Cc1ccccc1. The highest BCUT2D eigenvalue weighted by Gasteiger charge is 2.49. The fraction of sp³-hybridized carbons (Fsp3) is 0.188. The second kappa shape index (κ2) is 5.12. The number of ether oxygens (including phenoxy) is 1. The molecule has 0 spiro atoms. The first-order chi connectivity index (χ1) is 9.61. The lowest BCUT2D eigenvalue weighted by Crippen LogP contribution is -2.49. The number of Topliss-reactive ketones (excluding diaryl/α,β-unsaturated/α-hetero) is 1. The molecule has 0 fully saturated rings. The van der Waals surface area contributed by atoms with Crippen LogP contribution in [0.5, 0.6) is 5.75 Å². The Balaban J connectivity index is 1.99. The molecule has 0 amide bonds. The molecule has 2 aromatic carbocycles. The summed E-state index contributed by atoms with van der Waals surface area (Å²) < 4.78 is 5.60. The van der Waals surface area contributed by atoms with Crippen LogP contribution in [0.3, 0.4) is 0 Å². The monoisotopic (exact) mass is 306 g/mol. The van der Waals surface area contributed by atoms with Crippen molar-refractivity contribution >= 4 is 29.0 Å². The molecule has 0 radical (unpaired) electrons. The van der Waals surface area contributed by atoms with Gasteiger partial charge in [-0.2, -0.15) is 0 Å². The molecule has 20 heavy (non-hydrogen) atoms. The first-order valence-corrected chi connectivity index (χ1v) is 7.10. The lowest BCUT2D eigenvalue weighted by molar-refractivity contribution is 0.0827. The second-order valence-corrected chi connectivity index (χ2v) is 5.85. The molecule has 3 rings (SSSR count). The quantitative estimate of drug-likeness (QED) is 0.783. The first kappa shape index (κ1) is 13.5. The van der Waals surface area contributed by atoms with Gasteiger partial charge in [-0.1, -0.05) is 54.1 Å². The Morgan fingerprint density at radius 1 is 1.05 bits per heavy atom. The van der Waals surface area contributed by atoms with Crippen LogP contribution in [0.25, 0.3) is 0 Å². The Morgan fingerprint density at radius 2 is 1.70 bits per heavy atom. The molecule has 1 aliphatic heterocycles. The van der Waals surface area contributed by atoms with E-state index in [1.54, 1.807) is 24.3 Å². The van der Waals surface area contributed by atoms with E-state index in [2.05, 4.69) is 0 Å². The van der Waals surface area contributed by atoms with Crippen LogP contribution < -0.4 is 4.74 Å². The molecule has 0 saturated heterocycles. The van der Waals surface area contributed by atoms with E-state index < -0.39 is 10.4 Å². The number of alkyl halides is 2. The Hall–Kier alpha value is -1.51. The van der Waals surface area contributed by atoms with Crippen molar-refractivity contribution in [3.63, 3.8) is 0 Å². The van der Waals surface area contributed by atoms with Crippen LogP contribution in [0.15, 0.2) is 54.6 Å². The predicted octanol–water partition coefficient (Wildman–Crippen LogP) is 4.05. The van der Waals surface area contributed by atoms with Crippen LogP contribution in [-0.4, -0.2) is 16.2 Å². The van der Waals surface area contributed by atoms with Crippen molar-refractivity contribution in [2.24, 2.45) is 0 Å². The van der Waals surface area contributed by atoms with Crippen LogP contribution in [0.1, 0.15) is 15.9 Å². The number of hydrogen-bond acceptors (Lipinski definition) is 2. The maximum atomic E-state index is 12.7. The van der Waals surface area contributed by atoms with Crippen LogP contribution >= 0.6 is 23.2 Å². The summed E-state index contributed by atoms with van der Waals surface area (Å²) in [7, 11) is 0. The highest BCUT2D eigenvalue weighted by Crippen LogP contribution is 2.40. The minimum atomic E-state index is -1.28. The standard InChI is InChI=1S/C16H12Cl2O2/c17-15-16(18,10-11-6-2-1-3-7-11)14(19)12-8-4-5-9-13(12)20-15/h1-9,15H,10H2. The first-order valence-electron chi connectivity index (χ1n) is 6.28. The summed E-state index contributed by atoms with van der Waals surface area (Å²) in [6.45, 7) is 0. The number of ketones is 1. The third-order valence-corrected chi connectivity index (χ3v) is 4.48. The lowest BCUT2D eigenvalue weighted by Gasteiger charge is -2.35. The topological polar surface area (TPSA) is 26.3 Å². The third-order valence-electron chi connectivity index (χ3n) is 3.40. The zero-order valence-corrected chi connectivity index (χ0v) is 12.1. The van der Waals surface area contributed by atoms with E-state index in [9.17, 15) is 4.79 Å². The Bertz CT molecular complexity index is 642. The molecule has 2 aromatic rings. The number of rotatable bonds is 2. The number of carbonyl (C=O) groups excluding carboxylic acids is 1. The largest absolute Gasteiger partial charge is 0.472 e. The summed E-state index contributed by atoms with van der Waals surface area (Å²) >= 11 is 12.8. The molecular weight excluding hydrogens is 295 g/mol. The van der Waals surface area contributed by atoms with E-state index >= 15 is 0 Å². The molecule has 0 aromatic heterocycles. The minimum absolute atomic E-state index is 0.190. The average molecular weight is 307 g/mol. The third kappa shape index (κ3) is 2.19. The van der Waals surface area contributed by atoms with Gasteiger partial charge in [0.2, 0.25) is 0 Å². The second-order valence-electron chi connectivity index (χ2n) is 4.78. The number of halogens is 2. The van der Waals surface area contributed by atoms with E-state index in [4.69, 9.17) is 27.9 Å². The fourth-order valence-corrected chi connectivity index (χ4v) is 2.92. The van der Waals surface area contributed by atoms with Gasteiger partial charge in [-0.05, 0) is 17.7 Å². The molecule has 102 valence electrons. The van der Waals surface area contributed by atoms with Crippen molar-refractivity contribution in [2.75, 3.05) is 0 Å². The van der Waals surface area contributed by atoms with Gasteiger partial charge in [-0.15, -0.1) is 11.6 Å². The number of para-hydroxylation sites is 1. The average Bonchev–Trinajstić information content (AvgIpc) is 2.47. The van der Waals surface area contributed by atoms with E-state index in [1.165, 1.54) is 0 Å².